The summed E-state index contributed by atoms with van der Waals surface area (Å²) >= 11 is 0. The van der Waals surface area contributed by atoms with Gasteiger partial charge < -0.3 is 10.1 Å². The molecule has 106 valence electrons. The van der Waals surface area contributed by atoms with E-state index in [1.807, 2.05) is 6.92 Å². The van der Waals surface area contributed by atoms with Gasteiger partial charge in [-0.1, -0.05) is 13.8 Å². The number of methoxy groups -OCH3 is 1. The molecule has 1 aliphatic carbocycles. The summed E-state index contributed by atoms with van der Waals surface area (Å²) in [5, 5.41) is 3.43. The minimum absolute atomic E-state index is 0.223. The molecule has 0 amide bonds. The van der Waals surface area contributed by atoms with E-state index in [1.165, 1.54) is 6.42 Å². The van der Waals surface area contributed by atoms with Crippen molar-refractivity contribution in [2.75, 3.05) is 13.7 Å². The molecule has 0 saturated heterocycles. The Bertz CT molecular complexity index is 422. The zero-order valence-electron chi connectivity index (χ0n) is 12.5. The van der Waals surface area contributed by atoms with Gasteiger partial charge in [0.25, 0.3) is 0 Å². The highest BCUT2D eigenvalue weighted by Crippen LogP contribution is 2.42. The fourth-order valence-electron chi connectivity index (χ4n) is 2.43. The summed E-state index contributed by atoms with van der Waals surface area (Å²) in [5.74, 6) is 1.52. The van der Waals surface area contributed by atoms with E-state index in [2.05, 4.69) is 30.2 Å². The van der Waals surface area contributed by atoms with Crippen LogP contribution in [0.3, 0.4) is 0 Å². The van der Waals surface area contributed by atoms with Crippen LogP contribution in [0.5, 0.6) is 0 Å². The normalized spacial score (nSPS) is 17.5. The van der Waals surface area contributed by atoms with Crippen LogP contribution < -0.4 is 5.32 Å². The van der Waals surface area contributed by atoms with Crippen molar-refractivity contribution in [2.45, 2.75) is 52.2 Å². The van der Waals surface area contributed by atoms with Crippen molar-refractivity contribution >= 4 is 0 Å². The standard InChI is InChI=1S/C15H25N3O/c1-11(2)9-16-10-13-8-12(3)17-14(18-13)15(19-4)6-5-7-15/h8,11,16H,5-7,9-10H2,1-4H3. The van der Waals surface area contributed by atoms with E-state index in [1.54, 1.807) is 7.11 Å². The molecule has 4 heteroatoms. The summed E-state index contributed by atoms with van der Waals surface area (Å²) in [6, 6.07) is 2.05. The number of ether oxygens (including phenoxy) is 1. The molecule has 0 atom stereocenters. The fraction of sp³-hybridized carbons (Fsp3) is 0.733. The average molecular weight is 263 g/mol. The van der Waals surface area contributed by atoms with Crippen LogP contribution in [0.4, 0.5) is 0 Å². The van der Waals surface area contributed by atoms with Crippen molar-refractivity contribution in [1.82, 2.24) is 15.3 Å². The Balaban J connectivity index is 2.11. The first-order valence-corrected chi connectivity index (χ1v) is 7.16. The Kier molecular flexibility index (Phi) is 4.53. The molecule has 1 N–H and O–H groups in total. The van der Waals surface area contributed by atoms with Crippen LogP contribution in [0.2, 0.25) is 0 Å². The molecule has 1 heterocycles. The number of nitrogens with zero attached hydrogens (tertiary/aromatic N) is 2. The number of nitrogens with one attached hydrogen (secondary N) is 1. The number of aryl methyl sites for hydroxylation is 1. The summed E-state index contributed by atoms with van der Waals surface area (Å²) in [7, 11) is 1.77. The van der Waals surface area contributed by atoms with Gasteiger partial charge >= 0.3 is 0 Å². The lowest BCUT2D eigenvalue weighted by Crippen LogP contribution is -2.38. The van der Waals surface area contributed by atoms with Crippen LogP contribution in [0, 0.1) is 12.8 Å². The summed E-state index contributed by atoms with van der Waals surface area (Å²) in [4.78, 5) is 9.27. The monoisotopic (exact) mass is 263 g/mol. The Morgan fingerprint density at radius 3 is 2.63 bits per heavy atom. The topological polar surface area (TPSA) is 47.0 Å². The lowest BCUT2D eigenvalue weighted by Gasteiger charge is -2.39. The molecule has 1 fully saturated rings. The largest absolute Gasteiger partial charge is 0.370 e. The van der Waals surface area contributed by atoms with Gasteiger partial charge in [0.05, 0.1) is 5.69 Å². The van der Waals surface area contributed by atoms with E-state index < -0.39 is 0 Å². The van der Waals surface area contributed by atoms with Crippen LogP contribution in [-0.2, 0) is 16.9 Å². The van der Waals surface area contributed by atoms with Gasteiger partial charge in [0, 0.05) is 19.3 Å². The van der Waals surface area contributed by atoms with E-state index in [0.717, 1.165) is 43.1 Å². The molecule has 4 nitrogen and oxygen atoms in total. The first-order valence-electron chi connectivity index (χ1n) is 7.16. The zero-order valence-corrected chi connectivity index (χ0v) is 12.5. The average Bonchev–Trinajstić information content (AvgIpc) is 2.27. The van der Waals surface area contributed by atoms with Gasteiger partial charge in [0.2, 0.25) is 0 Å². The summed E-state index contributed by atoms with van der Waals surface area (Å²) in [6.45, 7) is 8.25. The second-order valence-corrected chi connectivity index (χ2v) is 5.90. The molecule has 1 saturated carbocycles. The van der Waals surface area contributed by atoms with E-state index >= 15 is 0 Å². The van der Waals surface area contributed by atoms with E-state index in [9.17, 15) is 0 Å². The minimum atomic E-state index is -0.223. The molecule has 1 aromatic rings. The Morgan fingerprint density at radius 2 is 2.11 bits per heavy atom. The molecule has 1 aliphatic rings. The van der Waals surface area contributed by atoms with E-state index in [-0.39, 0.29) is 5.60 Å². The maximum absolute atomic E-state index is 5.67. The van der Waals surface area contributed by atoms with Gasteiger partial charge in [-0.15, -0.1) is 0 Å². The summed E-state index contributed by atoms with van der Waals surface area (Å²) < 4.78 is 5.67. The molecule has 1 aromatic heterocycles. The van der Waals surface area contributed by atoms with Crippen LogP contribution in [0.1, 0.15) is 50.3 Å². The van der Waals surface area contributed by atoms with Gasteiger partial charge in [-0.05, 0) is 44.7 Å². The Hall–Kier alpha value is -1.00. The zero-order chi connectivity index (χ0) is 13.9. The van der Waals surface area contributed by atoms with E-state index in [4.69, 9.17) is 9.72 Å². The van der Waals surface area contributed by atoms with Gasteiger partial charge in [-0.3, -0.25) is 0 Å². The van der Waals surface area contributed by atoms with Crippen molar-refractivity contribution in [3.05, 3.63) is 23.3 Å². The summed E-state index contributed by atoms with van der Waals surface area (Å²) in [5.41, 5.74) is 1.86. The molecule has 0 radical (unpaired) electrons. The molecule has 0 unspecified atom stereocenters. The van der Waals surface area contributed by atoms with Crippen LogP contribution >= 0.6 is 0 Å². The van der Waals surface area contributed by atoms with Gasteiger partial charge in [0.1, 0.15) is 5.60 Å². The molecule has 0 aromatic carbocycles. The van der Waals surface area contributed by atoms with Crippen molar-refractivity contribution < 1.29 is 4.74 Å². The predicted octanol–water partition coefficient (Wildman–Crippen LogP) is 2.56. The van der Waals surface area contributed by atoms with Crippen molar-refractivity contribution in [3.8, 4) is 0 Å². The van der Waals surface area contributed by atoms with Crippen LogP contribution in [0.15, 0.2) is 6.07 Å². The number of hydrogen-bond acceptors (Lipinski definition) is 4. The number of hydrogen-bond donors (Lipinski definition) is 1. The Labute approximate surface area is 116 Å². The lowest BCUT2D eigenvalue weighted by molar-refractivity contribution is -0.0849. The maximum Gasteiger partial charge on any atom is 0.160 e. The highest BCUT2D eigenvalue weighted by atomic mass is 16.5. The lowest BCUT2D eigenvalue weighted by atomic mass is 9.79. The Morgan fingerprint density at radius 1 is 1.37 bits per heavy atom. The molecule has 0 spiro atoms. The van der Waals surface area contributed by atoms with Crippen molar-refractivity contribution in [1.29, 1.82) is 0 Å². The highest BCUT2D eigenvalue weighted by Gasteiger charge is 2.41. The van der Waals surface area contributed by atoms with Gasteiger partial charge in [0.15, 0.2) is 5.82 Å². The van der Waals surface area contributed by atoms with E-state index in [0.29, 0.717) is 5.92 Å². The molecular formula is C15H25N3O. The third-order valence-electron chi connectivity index (χ3n) is 3.73. The molecule has 2 rings (SSSR count). The quantitative estimate of drug-likeness (QED) is 0.857. The fourth-order valence-corrected chi connectivity index (χ4v) is 2.43. The molecular weight excluding hydrogens is 238 g/mol. The first-order chi connectivity index (χ1) is 9.05. The van der Waals surface area contributed by atoms with Crippen LogP contribution in [-0.4, -0.2) is 23.6 Å². The van der Waals surface area contributed by atoms with Gasteiger partial charge in [-0.25, -0.2) is 9.97 Å². The predicted molar refractivity (Wildman–Crippen MR) is 75.9 cm³/mol. The SMILES string of the molecule is COC1(c2nc(C)cc(CNCC(C)C)n2)CCC1. The number of rotatable bonds is 6. The minimum Gasteiger partial charge on any atom is -0.370 e. The third kappa shape index (κ3) is 3.31. The second kappa shape index (κ2) is 5.97. The molecule has 0 aliphatic heterocycles. The third-order valence-corrected chi connectivity index (χ3v) is 3.73. The maximum atomic E-state index is 5.67. The first kappa shape index (κ1) is 14.4. The van der Waals surface area contributed by atoms with Gasteiger partial charge in [-0.2, -0.15) is 0 Å². The smallest absolute Gasteiger partial charge is 0.160 e. The second-order valence-electron chi connectivity index (χ2n) is 5.90. The number of aromatic nitrogens is 2. The van der Waals surface area contributed by atoms with Crippen LogP contribution in [0.25, 0.3) is 0 Å². The summed E-state index contributed by atoms with van der Waals surface area (Å²) in [6.07, 6.45) is 3.27. The molecule has 0 bridgehead atoms. The van der Waals surface area contributed by atoms with Crippen molar-refractivity contribution in [2.24, 2.45) is 5.92 Å². The van der Waals surface area contributed by atoms with Crippen molar-refractivity contribution in [3.63, 3.8) is 0 Å². The molecule has 19 heavy (non-hydrogen) atoms. The highest BCUT2D eigenvalue weighted by molar-refractivity contribution is 5.16.